The third kappa shape index (κ3) is 2.46. The number of carboxylic acids is 1. The summed E-state index contributed by atoms with van der Waals surface area (Å²) in [5.74, 6) is -0.738. The van der Waals surface area contributed by atoms with Crippen LogP contribution in [0.2, 0.25) is 0 Å². The molecular weight excluding hydrogens is 269 g/mol. The van der Waals surface area contributed by atoms with Gasteiger partial charge in [0, 0.05) is 12.6 Å². The number of benzene rings is 1. The molecule has 3 rings (SSSR count). The number of hydrogen-bond donors (Lipinski definition) is 2. The highest BCUT2D eigenvalue weighted by Crippen LogP contribution is 2.57. The van der Waals surface area contributed by atoms with E-state index in [0.717, 1.165) is 24.8 Å². The third-order valence-electron chi connectivity index (χ3n) is 5.46. The predicted octanol–water partition coefficient (Wildman–Crippen LogP) is 3.11. The molecule has 3 nitrogen and oxygen atoms in total. The molecule has 2 bridgehead atoms. The maximum absolute atomic E-state index is 13.3. The predicted molar refractivity (Wildman–Crippen MR) is 78.3 cm³/mol. The van der Waals surface area contributed by atoms with E-state index < -0.39 is 5.97 Å². The average molecular weight is 291 g/mol. The van der Waals surface area contributed by atoms with E-state index in [4.69, 9.17) is 0 Å². The monoisotopic (exact) mass is 291 g/mol. The molecule has 2 N–H and O–H groups in total. The van der Waals surface area contributed by atoms with Crippen LogP contribution in [0.15, 0.2) is 18.2 Å². The summed E-state index contributed by atoms with van der Waals surface area (Å²) in [6.45, 7) is 4.45. The van der Waals surface area contributed by atoms with Gasteiger partial charge in [0.15, 0.2) is 0 Å². The number of hydrogen-bond acceptors (Lipinski definition) is 2. The number of carbonyl (C=O) groups is 1. The highest BCUT2D eigenvalue weighted by atomic mass is 19.1. The molecule has 2 aliphatic carbocycles. The normalized spacial score (nSPS) is 34.3. The van der Waals surface area contributed by atoms with Crippen LogP contribution in [-0.2, 0) is 11.3 Å². The van der Waals surface area contributed by atoms with Gasteiger partial charge in [-0.05, 0) is 54.7 Å². The maximum atomic E-state index is 13.3. The SMILES string of the molecule is Cc1cc(CN[C@H]2[C@@H]3CC[C@@](C)(C3)[C@H]2C(=O)O)ccc1F. The van der Waals surface area contributed by atoms with Gasteiger partial charge in [-0.1, -0.05) is 19.1 Å². The molecule has 0 spiro atoms. The zero-order chi connectivity index (χ0) is 15.2. The molecule has 2 aliphatic rings. The van der Waals surface area contributed by atoms with E-state index in [1.807, 2.05) is 6.07 Å². The zero-order valence-electron chi connectivity index (χ0n) is 12.5. The van der Waals surface area contributed by atoms with Gasteiger partial charge in [-0.3, -0.25) is 4.79 Å². The molecule has 4 atom stereocenters. The van der Waals surface area contributed by atoms with Crippen LogP contribution < -0.4 is 5.32 Å². The van der Waals surface area contributed by atoms with Crippen molar-refractivity contribution in [3.8, 4) is 0 Å². The Morgan fingerprint density at radius 3 is 2.95 bits per heavy atom. The topological polar surface area (TPSA) is 49.3 Å². The highest BCUT2D eigenvalue weighted by Gasteiger charge is 2.57. The summed E-state index contributed by atoms with van der Waals surface area (Å²) in [7, 11) is 0. The van der Waals surface area contributed by atoms with Crippen molar-refractivity contribution in [3.63, 3.8) is 0 Å². The maximum Gasteiger partial charge on any atom is 0.308 e. The van der Waals surface area contributed by atoms with E-state index >= 15 is 0 Å². The summed E-state index contributed by atoms with van der Waals surface area (Å²) in [5.41, 5.74) is 1.57. The van der Waals surface area contributed by atoms with Crippen molar-refractivity contribution in [1.82, 2.24) is 5.32 Å². The van der Waals surface area contributed by atoms with Gasteiger partial charge in [0.25, 0.3) is 0 Å². The molecule has 1 aromatic rings. The standard InChI is InChI=1S/C17H22FNO2/c1-10-7-11(3-4-13(10)18)9-19-15-12-5-6-17(2,8-12)14(15)16(20)21/h3-4,7,12,14-15,19H,5-6,8-9H2,1-2H3,(H,20,21)/t12-,14-,15+,17+/m1/s1. The lowest BCUT2D eigenvalue weighted by Gasteiger charge is -2.34. The molecular formula is C17H22FNO2. The Morgan fingerprint density at radius 2 is 2.29 bits per heavy atom. The molecule has 114 valence electrons. The van der Waals surface area contributed by atoms with E-state index in [-0.39, 0.29) is 23.2 Å². The number of nitrogens with one attached hydrogen (secondary N) is 1. The van der Waals surface area contributed by atoms with Crippen LogP contribution >= 0.6 is 0 Å². The minimum absolute atomic E-state index is 0.0339. The number of aryl methyl sites for hydroxylation is 1. The van der Waals surface area contributed by atoms with Gasteiger partial charge < -0.3 is 10.4 Å². The van der Waals surface area contributed by atoms with Crippen LogP contribution in [0.25, 0.3) is 0 Å². The fourth-order valence-corrected chi connectivity index (χ4v) is 4.40. The lowest BCUT2D eigenvalue weighted by Crippen LogP contribution is -2.46. The largest absolute Gasteiger partial charge is 0.481 e. The molecule has 0 aliphatic heterocycles. The van der Waals surface area contributed by atoms with Crippen molar-refractivity contribution in [3.05, 3.63) is 35.1 Å². The van der Waals surface area contributed by atoms with Gasteiger partial charge in [0.05, 0.1) is 5.92 Å². The molecule has 2 fully saturated rings. The van der Waals surface area contributed by atoms with E-state index in [9.17, 15) is 14.3 Å². The van der Waals surface area contributed by atoms with Crippen LogP contribution in [0.3, 0.4) is 0 Å². The Hall–Kier alpha value is -1.42. The second kappa shape index (κ2) is 5.09. The number of rotatable bonds is 4. The first-order valence-electron chi connectivity index (χ1n) is 7.62. The van der Waals surface area contributed by atoms with Crippen LogP contribution in [0.1, 0.15) is 37.3 Å². The quantitative estimate of drug-likeness (QED) is 0.896. The lowest BCUT2D eigenvalue weighted by atomic mass is 9.74. The molecule has 21 heavy (non-hydrogen) atoms. The Morgan fingerprint density at radius 1 is 1.52 bits per heavy atom. The fraction of sp³-hybridized carbons (Fsp3) is 0.588. The van der Waals surface area contributed by atoms with Crippen LogP contribution in [-0.4, -0.2) is 17.1 Å². The van der Waals surface area contributed by atoms with Crippen molar-refractivity contribution in [1.29, 1.82) is 0 Å². The Labute approximate surface area is 124 Å². The van der Waals surface area contributed by atoms with E-state index in [1.165, 1.54) is 6.07 Å². The Kier molecular flexibility index (Phi) is 3.52. The summed E-state index contributed by atoms with van der Waals surface area (Å²) < 4.78 is 13.3. The van der Waals surface area contributed by atoms with Crippen LogP contribution in [0.4, 0.5) is 4.39 Å². The van der Waals surface area contributed by atoms with Crippen molar-refractivity contribution < 1.29 is 14.3 Å². The summed E-state index contributed by atoms with van der Waals surface area (Å²) in [4.78, 5) is 11.6. The molecule has 1 aromatic carbocycles. The molecule has 0 heterocycles. The number of aliphatic carboxylic acids is 1. The highest BCUT2D eigenvalue weighted by molar-refractivity contribution is 5.73. The minimum atomic E-state index is -0.688. The third-order valence-corrected chi connectivity index (χ3v) is 5.46. The zero-order valence-corrected chi connectivity index (χ0v) is 12.5. The molecule has 4 heteroatoms. The fourth-order valence-electron chi connectivity index (χ4n) is 4.40. The molecule has 0 radical (unpaired) electrons. The Bertz CT molecular complexity index is 574. The first-order valence-corrected chi connectivity index (χ1v) is 7.62. The second-order valence-electron chi connectivity index (χ2n) is 6.96. The van der Waals surface area contributed by atoms with Crippen LogP contribution in [0, 0.1) is 30.0 Å². The minimum Gasteiger partial charge on any atom is -0.481 e. The van der Waals surface area contributed by atoms with Crippen LogP contribution in [0.5, 0.6) is 0 Å². The summed E-state index contributed by atoms with van der Waals surface area (Å²) >= 11 is 0. The lowest BCUT2D eigenvalue weighted by molar-refractivity contribution is -0.146. The molecule has 0 aromatic heterocycles. The van der Waals surface area contributed by atoms with Crippen molar-refractivity contribution in [2.24, 2.45) is 17.3 Å². The summed E-state index contributed by atoms with van der Waals surface area (Å²) in [5, 5.41) is 13.0. The van der Waals surface area contributed by atoms with Gasteiger partial charge in [0.2, 0.25) is 0 Å². The Balaban J connectivity index is 1.72. The van der Waals surface area contributed by atoms with Gasteiger partial charge in [-0.15, -0.1) is 0 Å². The second-order valence-corrected chi connectivity index (χ2v) is 6.96. The van der Waals surface area contributed by atoms with Gasteiger partial charge in [0.1, 0.15) is 5.82 Å². The number of halogens is 1. The van der Waals surface area contributed by atoms with E-state index in [2.05, 4.69) is 12.2 Å². The van der Waals surface area contributed by atoms with Crippen molar-refractivity contribution >= 4 is 5.97 Å². The number of fused-ring (bicyclic) bond motifs is 2. The molecule has 0 amide bonds. The summed E-state index contributed by atoms with van der Waals surface area (Å²) in [6, 6.07) is 5.10. The van der Waals surface area contributed by atoms with Gasteiger partial charge in [-0.2, -0.15) is 0 Å². The first-order chi connectivity index (χ1) is 9.90. The van der Waals surface area contributed by atoms with Gasteiger partial charge in [-0.25, -0.2) is 4.39 Å². The first kappa shape index (κ1) is 14.5. The van der Waals surface area contributed by atoms with E-state index in [1.54, 1.807) is 13.0 Å². The summed E-state index contributed by atoms with van der Waals surface area (Å²) in [6.07, 6.45) is 3.13. The van der Waals surface area contributed by atoms with Gasteiger partial charge >= 0.3 is 5.97 Å². The van der Waals surface area contributed by atoms with Crippen molar-refractivity contribution in [2.75, 3.05) is 0 Å². The molecule has 2 saturated carbocycles. The smallest absolute Gasteiger partial charge is 0.308 e. The molecule has 0 saturated heterocycles. The van der Waals surface area contributed by atoms with E-state index in [0.29, 0.717) is 18.0 Å². The van der Waals surface area contributed by atoms with Crippen molar-refractivity contribution in [2.45, 2.75) is 45.7 Å². The number of carboxylic acid groups (broad SMARTS) is 1. The molecule has 0 unspecified atom stereocenters. The average Bonchev–Trinajstić information content (AvgIpc) is 2.93.